The van der Waals surface area contributed by atoms with Crippen molar-refractivity contribution in [3.05, 3.63) is 36.0 Å². The molecule has 0 bridgehead atoms. The first-order chi connectivity index (χ1) is 16.0. The van der Waals surface area contributed by atoms with Crippen molar-refractivity contribution in [2.24, 2.45) is 17.8 Å². The van der Waals surface area contributed by atoms with Gasteiger partial charge in [-0.15, -0.1) is 0 Å². The lowest BCUT2D eigenvalue weighted by atomic mass is 9.79. The van der Waals surface area contributed by atoms with Crippen LogP contribution < -0.4 is 4.74 Å². The third-order valence-corrected chi connectivity index (χ3v) is 7.76. The molecule has 180 valence electrons. The molecule has 2 aliphatic rings. The van der Waals surface area contributed by atoms with Gasteiger partial charge in [-0.1, -0.05) is 19.3 Å². The molecule has 2 heterocycles. The molecule has 1 saturated carbocycles. The number of methoxy groups -OCH3 is 1. The molecule has 1 aliphatic heterocycles. The number of nitrogens with zero attached hydrogens (tertiary/aromatic N) is 2. The minimum Gasteiger partial charge on any atom is -0.497 e. The second kappa shape index (κ2) is 11.3. The molecule has 4 rings (SSSR count). The molecular weight excluding hydrogens is 419 g/mol. The topological polar surface area (TPSA) is 62.7 Å². The van der Waals surface area contributed by atoms with E-state index in [9.17, 15) is 9.90 Å². The van der Waals surface area contributed by atoms with Gasteiger partial charge in [-0.05, 0) is 86.2 Å². The van der Waals surface area contributed by atoms with Crippen LogP contribution in [0.5, 0.6) is 5.75 Å². The number of aliphatic carboxylic acids is 1. The number of hydrogen-bond donors (Lipinski definition) is 1. The van der Waals surface area contributed by atoms with E-state index in [1.165, 1.54) is 32.1 Å². The van der Waals surface area contributed by atoms with Crippen LogP contribution in [0.4, 0.5) is 4.39 Å². The van der Waals surface area contributed by atoms with Crippen molar-refractivity contribution in [3.63, 3.8) is 0 Å². The van der Waals surface area contributed by atoms with Gasteiger partial charge in [0, 0.05) is 31.1 Å². The molecule has 1 N–H and O–H groups in total. The number of rotatable bonds is 9. The first-order valence-electron chi connectivity index (χ1n) is 12.5. The Kier molecular flexibility index (Phi) is 8.18. The smallest absolute Gasteiger partial charge is 0.303 e. The van der Waals surface area contributed by atoms with Crippen molar-refractivity contribution in [1.29, 1.82) is 0 Å². The van der Waals surface area contributed by atoms with Gasteiger partial charge in [-0.3, -0.25) is 9.78 Å². The third kappa shape index (κ3) is 6.23. The number of fused-ring (bicyclic) bond motifs is 1. The standard InChI is InChI=1S/C27H37FN2O3/c1-33-22-8-10-26-24(16-22)23(11-13-29-26)25(28)9-7-20-12-14-30(18-21(20)15-27(31)32)17-19-5-3-2-4-6-19/h8,10-11,13,16,19-21,25H,2-7,9,12,14-15,17-18H2,1H3,(H,31,32)/t20-,21+,25+/m1/s1. The Morgan fingerprint density at radius 2 is 2.03 bits per heavy atom. The first kappa shape index (κ1) is 23.9. The molecule has 0 radical (unpaired) electrons. The predicted octanol–water partition coefficient (Wildman–Crippen LogP) is 6.03. The molecule has 1 saturated heterocycles. The fraction of sp³-hybridized carbons (Fsp3) is 0.630. The van der Waals surface area contributed by atoms with Gasteiger partial charge in [-0.2, -0.15) is 0 Å². The maximum absolute atomic E-state index is 15.4. The number of pyridine rings is 1. The van der Waals surface area contributed by atoms with Crippen LogP contribution >= 0.6 is 0 Å². The SMILES string of the molecule is COc1ccc2nccc([C@@H](F)CC[C@@H]3CCN(CC4CCCCC4)C[C@@H]3CC(=O)O)c2c1. The van der Waals surface area contributed by atoms with Crippen LogP contribution in [0.3, 0.4) is 0 Å². The van der Waals surface area contributed by atoms with E-state index in [1.807, 2.05) is 18.2 Å². The molecule has 2 aromatic rings. The number of halogens is 1. The lowest BCUT2D eigenvalue weighted by Crippen LogP contribution is -2.43. The van der Waals surface area contributed by atoms with Crippen molar-refractivity contribution in [1.82, 2.24) is 9.88 Å². The molecule has 1 aliphatic carbocycles. The maximum Gasteiger partial charge on any atom is 0.303 e. The van der Waals surface area contributed by atoms with Crippen LogP contribution in [0.25, 0.3) is 10.9 Å². The van der Waals surface area contributed by atoms with Crippen molar-refractivity contribution in [2.45, 2.75) is 64.0 Å². The van der Waals surface area contributed by atoms with Crippen LogP contribution in [0.15, 0.2) is 30.5 Å². The van der Waals surface area contributed by atoms with Gasteiger partial charge in [0.05, 0.1) is 12.6 Å². The van der Waals surface area contributed by atoms with E-state index >= 15 is 4.39 Å². The molecule has 0 amide bonds. The second-order valence-electron chi connectivity index (χ2n) is 10.00. The number of carbonyl (C=O) groups is 1. The van der Waals surface area contributed by atoms with Crippen LogP contribution in [0, 0.1) is 17.8 Å². The molecule has 33 heavy (non-hydrogen) atoms. The number of carboxylic acids is 1. The number of ether oxygens (including phenoxy) is 1. The maximum atomic E-state index is 15.4. The average molecular weight is 457 g/mol. The Bertz CT molecular complexity index is 931. The van der Waals surface area contributed by atoms with E-state index in [1.54, 1.807) is 19.4 Å². The molecule has 0 unspecified atom stereocenters. The second-order valence-corrected chi connectivity index (χ2v) is 10.00. The number of aromatic nitrogens is 1. The quantitative estimate of drug-likeness (QED) is 0.499. The highest BCUT2D eigenvalue weighted by molar-refractivity contribution is 5.83. The van der Waals surface area contributed by atoms with Gasteiger partial charge in [-0.25, -0.2) is 4.39 Å². The van der Waals surface area contributed by atoms with Gasteiger partial charge in [0.1, 0.15) is 11.9 Å². The van der Waals surface area contributed by atoms with Gasteiger partial charge in [0.15, 0.2) is 0 Å². The lowest BCUT2D eigenvalue weighted by molar-refractivity contribution is -0.139. The fourth-order valence-electron chi connectivity index (χ4n) is 5.95. The third-order valence-electron chi connectivity index (χ3n) is 7.76. The number of likely N-dealkylation sites (tertiary alicyclic amines) is 1. The van der Waals surface area contributed by atoms with E-state index < -0.39 is 12.1 Å². The average Bonchev–Trinajstić information content (AvgIpc) is 2.83. The summed E-state index contributed by atoms with van der Waals surface area (Å²) in [6.07, 6.45) is 9.42. The van der Waals surface area contributed by atoms with E-state index in [0.29, 0.717) is 24.2 Å². The molecular formula is C27H37FN2O3. The number of alkyl halides is 1. The summed E-state index contributed by atoms with van der Waals surface area (Å²) in [5.41, 5.74) is 1.40. The Morgan fingerprint density at radius 3 is 2.79 bits per heavy atom. The van der Waals surface area contributed by atoms with E-state index in [0.717, 1.165) is 42.9 Å². The molecule has 3 atom stereocenters. The van der Waals surface area contributed by atoms with Gasteiger partial charge >= 0.3 is 5.97 Å². The Balaban J connectivity index is 1.39. The van der Waals surface area contributed by atoms with Crippen molar-refractivity contribution >= 4 is 16.9 Å². The molecule has 1 aromatic carbocycles. The largest absolute Gasteiger partial charge is 0.497 e. The van der Waals surface area contributed by atoms with Crippen LogP contribution in [-0.4, -0.2) is 47.7 Å². The summed E-state index contributed by atoms with van der Waals surface area (Å²) in [6, 6.07) is 7.30. The minimum absolute atomic E-state index is 0.0984. The molecule has 2 fully saturated rings. The Hall–Kier alpha value is -2.21. The summed E-state index contributed by atoms with van der Waals surface area (Å²) in [7, 11) is 1.60. The predicted molar refractivity (Wildman–Crippen MR) is 128 cm³/mol. The zero-order valence-corrected chi connectivity index (χ0v) is 19.7. The highest BCUT2D eigenvalue weighted by atomic mass is 19.1. The summed E-state index contributed by atoms with van der Waals surface area (Å²) < 4.78 is 20.8. The highest BCUT2D eigenvalue weighted by Gasteiger charge is 2.32. The van der Waals surface area contributed by atoms with Crippen molar-refractivity contribution in [2.75, 3.05) is 26.7 Å². The summed E-state index contributed by atoms with van der Waals surface area (Å²) >= 11 is 0. The summed E-state index contributed by atoms with van der Waals surface area (Å²) in [4.78, 5) is 18.4. The number of hydrogen-bond acceptors (Lipinski definition) is 4. The highest BCUT2D eigenvalue weighted by Crippen LogP contribution is 2.37. The minimum atomic E-state index is -1.10. The summed E-state index contributed by atoms with van der Waals surface area (Å²) in [5, 5.41) is 10.3. The number of carboxylic acid groups (broad SMARTS) is 1. The first-order valence-corrected chi connectivity index (χ1v) is 12.5. The van der Waals surface area contributed by atoms with E-state index in [4.69, 9.17) is 4.74 Å². The molecule has 1 aromatic heterocycles. The summed E-state index contributed by atoms with van der Waals surface area (Å²) in [6.45, 7) is 2.93. The fourth-order valence-corrected chi connectivity index (χ4v) is 5.95. The van der Waals surface area contributed by atoms with Gasteiger partial charge in [0.2, 0.25) is 0 Å². The van der Waals surface area contributed by atoms with E-state index in [-0.39, 0.29) is 18.3 Å². The lowest BCUT2D eigenvalue weighted by Gasteiger charge is -2.40. The number of piperidine rings is 1. The van der Waals surface area contributed by atoms with Crippen molar-refractivity contribution in [3.8, 4) is 5.75 Å². The zero-order chi connectivity index (χ0) is 23.2. The van der Waals surface area contributed by atoms with E-state index in [2.05, 4.69) is 9.88 Å². The Labute approximate surface area is 196 Å². The number of benzene rings is 1. The zero-order valence-electron chi connectivity index (χ0n) is 19.7. The van der Waals surface area contributed by atoms with Crippen LogP contribution in [-0.2, 0) is 4.79 Å². The molecule has 6 heteroatoms. The van der Waals surface area contributed by atoms with Crippen LogP contribution in [0.2, 0.25) is 0 Å². The molecule has 0 spiro atoms. The van der Waals surface area contributed by atoms with Crippen LogP contribution in [0.1, 0.15) is 69.5 Å². The van der Waals surface area contributed by atoms with Crippen molar-refractivity contribution < 1.29 is 19.0 Å². The summed E-state index contributed by atoms with van der Waals surface area (Å²) in [5.74, 6) is 1.06. The van der Waals surface area contributed by atoms with Gasteiger partial charge < -0.3 is 14.7 Å². The Morgan fingerprint density at radius 1 is 1.21 bits per heavy atom. The van der Waals surface area contributed by atoms with Gasteiger partial charge in [0.25, 0.3) is 0 Å². The normalized spacial score (nSPS) is 23.5. The molecule has 5 nitrogen and oxygen atoms in total. The monoisotopic (exact) mass is 456 g/mol.